The van der Waals surface area contributed by atoms with Crippen molar-refractivity contribution < 1.29 is 24.6 Å². The summed E-state index contributed by atoms with van der Waals surface area (Å²) in [6.45, 7) is 3.19. The molecule has 0 radical (unpaired) electrons. The molecule has 0 saturated heterocycles. The van der Waals surface area contributed by atoms with Crippen molar-refractivity contribution in [3.8, 4) is 0 Å². The van der Waals surface area contributed by atoms with Crippen LogP contribution in [0.5, 0.6) is 0 Å². The zero-order valence-corrected chi connectivity index (χ0v) is 10.4. The largest absolute Gasteiger partial charge is 2.00 e. The number of likely N-dealkylation sites (N-methyl/N-ethyl adjacent to an activating group) is 1. The van der Waals surface area contributed by atoms with Gasteiger partial charge in [0.2, 0.25) is 5.91 Å². The maximum absolute atomic E-state index is 11.1. The third-order valence-electron chi connectivity index (χ3n) is 1.88. The van der Waals surface area contributed by atoms with Crippen molar-refractivity contribution >= 4 is 40.9 Å². The van der Waals surface area contributed by atoms with Gasteiger partial charge in [-0.1, -0.05) is 6.58 Å². The summed E-state index contributed by atoms with van der Waals surface area (Å²) in [5.74, 6) is -3.49. The van der Waals surface area contributed by atoms with Gasteiger partial charge in [-0.15, -0.1) is 0 Å². The van der Waals surface area contributed by atoms with E-state index in [4.69, 9.17) is 0 Å². The second-order valence-electron chi connectivity index (χ2n) is 2.90. The Morgan fingerprint density at radius 3 is 2.19 bits per heavy atom. The van der Waals surface area contributed by atoms with Gasteiger partial charge in [0.05, 0.1) is 12.0 Å². The Balaban J connectivity index is 0. The minimum atomic E-state index is -1.51. The van der Waals surface area contributed by atoms with Crippen molar-refractivity contribution in [1.82, 2.24) is 4.90 Å². The summed E-state index contributed by atoms with van der Waals surface area (Å²) in [6.07, 6.45) is 0.239. The van der Waals surface area contributed by atoms with Crippen LogP contribution in [0.4, 0.5) is 0 Å². The van der Waals surface area contributed by atoms with E-state index in [0.29, 0.717) is 0 Å². The van der Waals surface area contributed by atoms with E-state index in [1.165, 1.54) is 7.05 Å². The summed E-state index contributed by atoms with van der Waals surface area (Å²) in [5.41, 5.74) is 0. The zero-order chi connectivity index (χ0) is 12.0. The van der Waals surface area contributed by atoms with Crippen LogP contribution in [0.1, 0.15) is 12.8 Å². The average molecular weight is 237 g/mol. The van der Waals surface area contributed by atoms with Gasteiger partial charge >= 0.3 is 23.1 Å². The first-order valence-corrected chi connectivity index (χ1v) is 4.20. The van der Waals surface area contributed by atoms with E-state index in [2.05, 4.69) is 6.58 Å². The minimum absolute atomic E-state index is 0. The van der Waals surface area contributed by atoms with Gasteiger partial charge in [0, 0.05) is 13.0 Å². The number of carboxylic acids is 2. The molecule has 0 aliphatic carbocycles. The molecule has 0 bridgehead atoms. The fraction of sp³-hybridized carbons (Fsp3) is 0.444. The maximum atomic E-state index is 11.1. The van der Waals surface area contributed by atoms with E-state index in [1.54, 1.807) is 0 Å². The van der Waals surface area contributed by atoms with Gasteiger partial charge in [-0.2, -0.15) is 0 Å². The summed E-state index contributed by atoms with van der Waals surface area (Å²) < 4.78 is 0. The number of nitrogens with zero attached hydrogens (tertiary/aromatic N) is 1. The Hall–Kier alpha value is -1.08. The smallest absolute Gasteiger partial charge is 0.550 e. The molecule has 16 heavy (non-hydrogen) atoms. The van der Waals surface area contributed by atoms with Gasteiger partial charge in [-0.05, 0) is 18.9 Å². The Kier molecular flexibility index (Phi) is 8.78. The first-order chi connectivity index (χ1) is 6.90. The van der Waals surface area contributed by atoms with Crippen LogP contribution < -0.4 is 10.2 Å². The van der Waals surface area contributed by atoms with E-state index >= 15 is 0 Å². The summed E-state index contributed by atoms with van der Waals surface area (Å²) >= 11 is 0. The molecule has 0 aromatic heterocycles. The summed E-state index contributed by atoms with van der Waals surface area (Å²) in [5, 5.41) is 20.8. The molecule has 0 aromatic carbocycles. The predicted molar refractivity (Wildman–Crippen MR) is 51.8 cm³/mol. The topological polar surface area (TPSA) is 101 Å². The standard InChI is InChI=1S/C9H13NO5.Mg/c1-3-7(11)10(2)6(9(14)15)4-5-8(12)13;/h3,6H,1,4-5H2,2H3,(H,12,13)(H,14,15);/q;+2/p-2/t6-;/m1./s1. The maximum Gasteiger partial charge on any atom is 2.00 e. The van der Waals surface area contributed by atoms with Crippen molar-refractivity contribution in [3.63, 3.8) is 0 Å². The van der Waals surface area contributed by atoms with E-state index in [9.17, 15) is 24.6 Å². The normalized spacial score (nSPS) is 10.8. The molecule has 84 valence electrons. The van der Waals surface area contributed by atoms with Crippen LogP contribution in [0.2, 0.25) is 0 Å². The molecule has 0 aromatic rings. The van der Waals surface area contributed by atoms with Gasteiger partial charge in [0.25, 0.3) is 0 Å². The minimum Gasteiger partial charge on any atom is -0.550 e. The molecule has 1 amide bonds. The van der Waals surface area contributed by atoms with Crippen molar-refractivity contribution in [2.45, 2.75) is 18.9 Å². The summed E-state index contributed by atoms with van der Waals surface area (Å²) in [4.78, 5) is 32.7. The van der Waals surface area contributed by atoms with Crippen LogP contribution in [0.3, 0.4) is 0 Å². The number of amides is 1. The van der Waals surface area contributed by atoms with Crippen molar-refractivity contribution in [1.29, 1.82) is 0 Å². The molecule has 0 aliphatic rings. The van der Waals surface area contributed by atoms with E-state index in [0.717, 1.165) is 11.0 Å². The average Bonchev–Trinajstić information content (AvgIpc) is 2.15. The van der Waals surface area contributed by atoms with Crippen molar-refractivity contribution in [2.24, 2.45) is 0 Å². The molecule has 6 nitrogen and oxygen atoms in total. The molecule has 0 fully saturated rings. The Morgan fingerprint density at radius 1 is 1.38 bits per heavy atom. The number of rotatable bonds is 6. The predicted octanol–water partition coefficient (Wildman–Crippen LogP) is -3.10. The summed E-state index contributed by atoms with van der Waals surface area (Å²) in [6, 6.07) is -1.28. The third-order valence-corrected chi connectivity index (χ3v) is 1.88. The molecule has 0 heterocycles. The van der Waals surface area contributed by atoms with E-state index in [1.807, 2.05) is 0 Å². The summed E-state index contributed by atoms with van der Waals surface area (Å²) in [7, 11) is 1.24. The molecule has 0 N–H and O–H groups in total. The second-order valence-corrected chi connectivity index (χ2v) is 2.90. The van der Waals surface area contributed by atoms with E-state index < -0.39 is 30.3 Å². The molecule has 0 spiro atoms. The van der Waals surface area contributed by atoms with Crippen LogP contribution in [-0.4, -0.2) is 58.9 Å². The molecule has 0 saturated carbocycles. The number of carboxylic acid groups (broad SMARTS) is 2. The third kappa shape index (κ3) is 5.71. The second kappa shape index (κ2) is 8.11. The SMILES string of the molecule is C=CC(=O)N(C)[C@H](CCC(=O)[O-])C(=O)[O-].[Mg+2]. The Morgan fingerprint density at radius 2 is 1.88 bits per heavy atom. The van der Waals surface area contributed by atoms with Gasteiger partial charge in [-0.3, -0.25) is 4.79 Å². The fourth-order valence-electron chi connectivity index (χ4n) is 1.02. The first-order valence-electron chi connectivity index (χ1n) is 4.20. The number of hydrogen-bond acceptors (Lipinski definition) is 5. The Labute approximate surface area is 109 Å². The van der Waals surface area contributed by atoms with Crippen molar-refractivity contribution in [2.75, 3.05) is 7.05 Å². The molecular weight excluding hydrogens is 226 g/mol. The van der Waals surface area contributed by atoms with Crippen molar-refractivity contribution in [3.05, 3.63) is 12.7 Å². The number of carbonyl (C=O) groups excluding carboxylic acids is 3. The van der Waals surface area contributed by atoms with E-state index in [-0.39, 0.29) is 29.5 Å². The molecule has 1 atom stereocenters. The van der Waals surface area contributed by atoms with Crippen LogP contribution in [0, 0.1) is 0 Å². The van der Waals surface area contributed by atoms with Crippen LogP contribution in [-0.2, 0) is 14.4 Å². The molecule has 0 aliphatic heterocycles. The van der Waals surface area contributed by atoms with Gasteiger partial charge < -0.3 is 24.7 Å². The van der Waals surface area contributed by atoms with Gasteiger partial charge in [0.1, 0.15) is 0 Å². The fourth-order valence-corrected chi connectivity index (χ4v) is 1.02. The van der Waals surface area contributed by atoms with Crippen LogP contribution in [0.15, 0.2) is 12.7 Å². The number of carbonyl (C=O) groups is 3. The molecular formula is C9H11MgNO5. The molecule has 7 heteroatoms. The Bertz CT molecular complexity index is 292. The van der Waals surface area contributed by atoms with Gasteiger partial charge in [0.15, 0.2) is 0 Å². The van der Waals surface area contributed by atoms with Gasteiger partial charge in [-0.25, -0.2) is 0 Å². The number of hydrogen-bond donors (Lipinski definition) is 0. The molecule has 0 rings (SSSR count). The number of aliphatic carboxylic acids is 2. The monoisotopic (exact) mass is 237 g/mol. The van der Waals surface area contributed by atoms with Crippen LogP contribution in [0.25, 0.3) is 0 Å². The van der Waals surface area contributed by atoms with Crippen LogP contribution >= 0.6 is 0 Å². The first kappa shape index (κ1) is 17.3. The zero-order valence-electron chi connectivity index (χ0n) is 8.97. The molecule has 0 unspecified atom stereocenters. The quantitative estimate of drug-likeness (QED) is 0.360.